The minimum Gasteiger partial charge on any atom is -0.352 e. The number of carbonyl (C=O) groups is 1. The molecule has 0 spiro atoms. The highest BCUT2D eigenvalue weighted by molar-refractivity contribution is 8.93. The molecule has 5 heteroatoms. The number of aromatic nitrogens is 1. The van der Waals surface area contributed by atoms with Gasteiger partial charge in [0.1, 0.15) is 0 Å². The van der Waals surface area contributed by atoms with Crippen molar-refractivity contribution in [3.8, 4) is 0 Å². The van der Waals surface area contributed by atoms with E-state index in [1.165, 1.54) is 16.7 Å². The summed E-state index contributed by atoms with van der Waals surface area (Å²) in [5, 5.41) is 4.06. The Morgan fingerprint density at radius 1 is 1.04 bits per heavy atom. The van der Waals surface area contributed by atoms with Crippen molar-refractivity contribution < 1.29 is 4.79 Å². The average Bonchev–Trinajstić information content (AvgIpc) is 2.96. The van der Waals surface area contributed by atoms with Crippen LogP contribution in [0.5, 0.6) is 0 Å². The number of nitrogens with one attached hydrogen (secondary N) is 1. The van der Waals surface area contributed by atoms with Gasteiger partial charge in [-0.3, -0.25) is 4.79 Å². The van der Waals surface area contributed by atoms with Crippen molar-refractivity contribution in [2.45, 2.75) is 40.7 Å². The molecular weight excluding hydrogens is 396 g/mol. The lowest BCUT2D eigenvalue weighted by Crippen LogP contribution is -2.26. The summed E-state index contributed by atoms with van der Waals surface area (Å²) in [5.74, 6) is 0.0882. The molecule has 0 aliphatic rings. The van der Waals surface area contributed by atoms with E-state index >= 15 is 0 Å². The molecule has 3 rings (SSSR count). The van der Waals surface area contributed by atoms with Gasteiger partial charge in [0.05, 0.1) is 16.3 Å². The first-order chi connectivity index (χ1) is 11.4. The van der Waals surface area contributed by atoms with Gasteiger partial charge in [0, 0.05) is 5.56 Å². The molecule has 1 heterocycles. The average molecular weight is 419 g/mol. The van der Waals surface area contributed by atoms with E-state index in [4.69, 9.17) is 0 Å². The van der Waals surface area contributed by atoms with Gasteiger partial charge in [-0.15, -0.1) is 17.0 Å². The summed E-state index contributed by atoms with van der Waals surface area (Å²) in [4.78, 5) is 17.3. The summed E-state index contributed by atoms with van der Waals surface area (Å²) < 4.78 is 1.14. The molecule has 0 aliphatic carbocycles. The molecule has 0 amide bonds. The zero-order valence-electron chi connectivity index (χ0n) is 15.1. The van der Waals surface area contributed by atoms with Crippen molar-refractivity contribution in [3.05, 3.63) is 58.1 Å². The summed E-state index contributed by atoms with van der Waals surface area (Å²) in [5.41, 5.74) is 6.53. The lowest BCUT2D eigenvalue weighted by atomic mass is 10.0. The van der Waals surface area contributed by atoms with Gasteiger partial charge >= 0.3 is 0 Å². The minimum absolute atomic E-state index is 0. The van der Waals surface area contributed by atoms with Crippen LogP contribution in [0.25, 0.3) is 10.2 Å². The lowest BCUT2D eigenvalue weighted by Gasteiger charge is -2.12. The minimum atomic E-state index is -0.311. The molecule has 0 bridgehead atoms. The van der Waals surface area contributed by atoms with Crippen molar-refractivity contribution in [1.82, 2.24) is 4.98 Å². The molecule has 2 aromatic carbocycles. The fourth-order valence-electron chi connectivity index (χ4n) is 2.68. The van der Waals surface area contributed by atoms with Crippen molar-refractivity contribution in [3.63, 3.8) is 0 Å². The Labute approximate surface area is 163 Å². The predicted molar refractivity (Wildman–Crippen MR) is 113 cm³/mol. The van der Waals surface area contributed by atoms with Gasteiger partial charge < -0.3 is 5.32 Å². The molecule has 1 atom stereocenters. The molecule has 0 radical (unpaired) electrons. The van der Waals surface area contributed by atoms with Gasteiger partial charge in [-0.1, -0.05) is 29.5 Å². The summed E-state index contributed by atoms with van der Waals surface area (Å²) in [6, 6.07) is 9.75. The highest BCUT2D eigenvalue weighted by Gasteiger charge is 2.17. The zero-order chi connectivity index (χ0) is 17.4. The lowest BCUT2D eigenvalue weighted by molar-refractivity contribution is 0.0975. The van der Waals surface area contributed by atoms with Gasteiger partial charge in [-0.2, -0.15) is 0 Å². The number of fused-ring (bicyclic) bond motifs is 1. The van der Waals surface area contributed by atoms with Crippen LogP contribution in [0.3, 0.4) is 0 Å². The molecule has 0 saturated heterocycles. The fraction of sp³-hybridized carbons (Fsp3) is 0.300. The molecule has 3 aromatic rings. The van der Waals surface area contributed by atoms with Crippen molar-refractivity contribution in [2.24, 2.45) is 0 Å². The van der Waals surface area contributed by atoms with Crippen LogP contribution in [-0.4, -0.2) is 16.8 Å². The summed E-state index contributed by atoms with van der Waals surface area (Å²) in [6.07, 6.45) is 0. The van der Waals surface area contributed by atoms with Crippen molar-refractivity contribution in [1.29, 1.82) is 0 Å². The molecule has 1 aromatic heterocycles. The Hall–Kier alpha value is -1.72. The van der Waals surface area contributed by atoms with Crippen LogP contribution in [0.1, 0.15) is 39.5 Å². The first-order valence-electron chi connectivity index (χ1n) is 8.11. The van der Waals surface area contributed by atoms with Crippen LogP contribution >= 0.6 is 28.3 Å². The van der Waals surface area contributed by atoms with Gasteiger partial charge in [-0.25, -0.2) is 4.98 Å². The molecule has 1 N–H and O–H groups in total. The Morgan fingerprint density at radius 2 is 1.72 bits per heavy atom. The summed E-state index contributed by atoms with van der Waals surface area (Å²) >= 11 is 1.59. The predicted octanol–water partition coefficient (Wildman–Crippen LogP) is 5.79. The number of aryl methyl sites for hydroxylation is 4. The second-order valence-corrected chi connectivity index (χ2v) is 7.43. The van der Waals surface area contributed by atoms with E-state index in [0.717, 1.165) is 26.5 Å². The van der Waals surface area contributed by atoms with Gasteiger partial charge in [0.25, 0.3) is 0 Å². The van der Waals surface area contributed by atoms with E-state index in [1.807, 2.05) is 32.0 Å². The van der Waals surface area contributed by atoms with Crippen LogP contribution in [0.15, 0.2) is 30.3 Å². The quantitative estimate of drug-likeness (QED) is 0.544. The van der Waals surface area contributed by atoms with Crippen LogP contribution in [0.4, 0.5) is 5.13 Å². The third-order valence-electron chi connectivity index (χ3n) is 4.61. The molecule has 25 heavy (non-hydrogen) atoms. The van der Waals surface area contributed by atoms with Crippen molar-refractivity contribution in [2.75, 3.05) is 5.32 Å². The first-order valence-corrected chi connectivity index (χ1v) is 8.93. The molecule has 1 unspecified atom stereocenters. The monoisotopic (exact) mass is 418 g/mol. The van der Waals surface area contributed by atoms with Crippen molar-refractivity contribution >= 4 is 49.4 Å². The Morgan fingerprint density at radius 3 is 2.40 bits per heavy atom. The SMILES string of the molecule is Br.Cc1ccc(C(=O)C(C)Nc2nc3c(C)c(C)ccc3s2)cc1C. The fourth-order valence-corrected chi connectivity index (χ4v) is 3.70. The Balaban J connectivity index is 0.00000225. The number of anilines is 1. The van der Waals surface area contributed by atoms with Gasteiger partial charge in [0.15, 0.2) is 10.9 Å². The topological polar surface area (TPSA) is 42.0 Å². The highest BCUT2D eigenvalue weighted by atomic mass is 79.9. The number of nitrogens with zero attached hydrogens (tertiary/aromatic N) is 1. The number of hydrogen-bond acceptors (Lipinski definition) is 4. The molecular formula is C20H23BrN2OS. The van der Waals surface area contributed by atoms with E-state index in [9.17, 15) is 4.79 Å². The van der Waals surface area contributed by atoms with E-state index in [1.54, 1.807) is 11.3 Å². The third kappa shape index (κ3) is 3.93. The van der Waals surface area contributed by atoms with E-state index in [-0.39, 0.29) is 28.8 Å². The van der Waals surface area contributed by atoms with Gasteiger partial charge in [-0.05, 0) is 69.0 Å². The van der Waals surface area contributed by atoms with Crippen LogP contribution in [0, 0.1) is 27.7 Å². The third-order valence-corrected chi connectivity index (χ3v) is 5.56. The van der Waals surface area contributed by atoms with Gasteiger partial charge in [0.2, 0.25) is 0 Å². The number of carbonyl (C=O) groups excluding carboxylic acids is 1. The number of hydrogen-bond donors (Lipinski definition) is 1. The summed E-state index contributed by atoms with van der Waals surface area (Å²) in [6.45, 7) is 10.2. The maximum Gasteiger partial charge on any atom is 0.184 e. The zero-order valence-corrected chi connectivity index (χ0v) is 17.7. The standard InChI is InChI=1S/C20H22N2OS.BrH/c1-11-6-8-16(10-13(11)3)19(23)15(5)21-20-22-18-14(4)12(2)7-9-17(18)24-20;/h6-10,15H,1-5H3,(H,21,22);1H. The number of rotatable bonds is 4. The molecule has 132 valence electrons. The molecule has 0 saturated carbocycles. The second-order valence-electron chi connectivity index (χ2n) is 6.40. The van der Waals surface area contributed by atoms with E-state index < -0.39 is 0 Å². The van der Waals surface area contributed by atoms with Crippen LogP contribution in [0.2, 0.25) is 0 Å². The number of benzene rings is 2. The Bertz CT molecular complexity index is 933. The second kappa shape index (κ2) is 7.67. The van der Waals surface area contributed by atoms with E-state index in [2.05, 4.69) is 43.2 Å². The largest absolute Gasteiger partial charge is 0.352 e. The maximum absolute atomic E-state index is 12.7. The highest BCUT2D eigenvalue weighted by Crippen LogP contribution is 2.30. The number of ketones is 1. The number of halogens is 1. The maximum atomic E-state index is 12.7. The molecule has 0 aliphatic heterocycles. The number of thiazole rings is 1. The molecule has 0 fully saturated rings. The summed E-state index contributed by atoms with van der Waals surface area (Å²) in [7, 11) is 0. The van der Waals surface area contributed by atoms with E-state index in [0.29, 0.717) is 0 Å². The first kappa shape index (κ1) is 19.6. The smallest absolute Gasteiger partial charge is 0.184 e. The normalized spacial score (nSPS) is 11.9. The Kier molecular flexibility index (Phi) is 6.01. The number of Topliss-reactive ketones (excluding diaryl/α,β-unsaturated/α-hetero) is 1. The molecule has 3 nitrogen and oxygen atoms in total. The van der Waals surface area contributed by atoms with Crippen LogP contribution < -0.4 is 5.32 Å². The van der Waals surface area contributed by atoms with Crippen LogP contribution in [-0.2, 0) is 0 Å².